The lowest BCUT2D eigenvalue weighted by molar-refractivity contribution is 0.249. The highest BCUT2D eigenvalue weighted by atomic mass is 32.1. The minimum absolute atomic E-state index is 0.0804. The molecule has 0 radical (unpaired) electrons. The SMILES string of the molecule is CNc1ncc2cc(N3CCC(NC(=O)Nc4cc(C(C)(C)C)nn4-c4cnsc4)C3)c(=O)n(C(C)C)c2n1. The van der Waals surface area contributed by atoms with E-state index in [0.717, 1.165) is 16.8 Å². The Hall–Kier alpha value is -4.00. The maximum absolute atomic E-state index is 13.5. The molecule has 1 aliphatic heterocycles. The van der Waals surface area contributed by atoms with Gasteiger partial charge >= 0.3 is 6.03 Å². The van der Waals surface area contributed by atoms with E-state index < -0.39 is 0 Å². The Morgan fingerprint density at radius 3 is 2.67 bits per heavy atom. The van der Waals surface area contributed by atoms with E-state index in [-0.39, 0.29) is 29.1 Å². The molecule has 39 heavy (non-hydrogen) atoms. The zero-order valence-corrected chi connectivity index (χ0v) is 23.8. The standard InChI is InChI=1S/C26H34N10O2S/c1-15(2)35-22-16(11-28-24(27-6)32-22)9-19(23(35)37)34-8-7-17(13-34)30-25(38)31-21-10-20(26(3,4)5)33-36(21)18-12-29-39-14-18/h9-12,14-15,17H,7-8,13H2,1-6H3,(H,27,28,32)(H2,30,31,38). The highest BCUT2D eigenvalue weighted by Gasteiger charge is 2.28. The van der Waals surface area contributed by atoms with E-state index in [4.69, 9.17) is 5.10 Å². The summed E-state index contributed by atoms with van der Waals surface area (Å²) >= 11 is 1.33. The van der Waals surface area contributed by atoms with Crippen molar-refractivity contribution in [3.63, 3.8) is 0 Å². The Balaban J connectivity index is 1.34. The van der Waals surface area contributed by atoms with Gasteiger partial charge in [-0.3, -0.25) is 14.7 Å². The van der Waals surface area contributed by atoms with Crippen LogP contribution in [-0.4, -0.2) is 60.9 Å². The van der Waals surface area contributed by atoms with Crippen LogP contribution in [0.2, 0.25) is 0 Å². The third kappa shape index (κ3) is 5.31. The number of anilines is 3. The lowest BCUT2D eigenvalue weighted by Crippen LogP contribution is -2.41. The summed E-state index contributed by atoms with van der Waals surface area (Å²) in [6.45, 7) is 11.3. The van der Waals surface area contributed by atoms with E-state index in [1.54, 1.807) is 28.7 Å². The van der Waals surface area contributed by atoms with Gasteiger partial charge in [0, 0.05) is 60.7 Å². The average molecular weight is 551 g/mol. The molecule has 13 heteroatoms. The molecule has 1 atom stereocenters. The van der Waals surface area contributed by atoms with Gasteiger partial charge in [-0.05, 0) is 37.9 Å². The predicted octanol–water partition coefficient (Wildman–Crippen LogP) is 3.75. The van der Waals surface area contributed by atoms with Gasteiger partial charge in [-0.15, -0.1) is 0 Å². The first-order valence-electron chi connectivity index (χ1n) is 13.0. The molecule has 0 bridgehead atoms. The number of rotatable bonds is 6. The topological polar surface area (TPSA) is 135 Å². The van der Waals surface area contributed by atoms with E-state index in [9.17, 15) is 9.59 Å². The Morgan fingerprint density at radius 2 is 2.00 bits per heavy atom. The fourth-order valence-corrected chi connectivity index (χ4v) is 5.20. The van der Waals surface area contributed by atoms with Crippen LogP contribution >= 0.6 is 11.5 Å². The van der Waals surface area contributed by atoms with Crippen LogP contribution in [0.3, 0.4) is 0 Å². The lowest BCUT2D eigenvalue weighted by atomic mass is 9.92. The second-order valence-corrected chi connectivity index (χ2v) is 11.7. The summed E-state index contributed by atoms with van der Waals surface area (Å²) in [5, 5.41) is 16.3. The molecule has 1 aliphatic rings. The van der Waals surface area contributed by atoms with Crippen LogP contribution in [0, 0.1) is 0 Å². The molecule has 12 nitrogen and oxygen atoms in total. The van der Waals surface area contributed by atoms with Crippen molar-refractivity contribution >= 4 is 46.1 Å². The normalized spacial score (nSPS) is 15.8. The molecule has 0 aliphatic carbocycles. The van der Waals surface area contributed by atoms with Crippen LogP contribution in [0.5, 0.6) is 0 Å². The fraction of sp³-hybridized carbons (Fsp3) is 0.462. The van der Waals surface area contributed by atoms with Crippen LogP contribution in [-0.2, 0) is 5.41 Å². The van der Waals surface area contributed by atoms with Gasteiger partial charge in [0.05, 0.1) is 17.6 Å². The molecule has 1 saturated heterocycles. The second kappa shape index (κ2) is 10.3. The number of hydrogen-bond donors (Lipinski definition) is 3. The molecule has 4 aromatic rings. The van der Waals surface area contributed by atoms with Crippen LogP contribution in [0.1, 0.15) is 52.8 Å². The molecule has 3 N–H and O–H groups in total. The van der Waals surface area contributed by atoms with Gasteiger partial charge in [-0.1, -0.05) is 20.8 Å². The van der Waals surface area contributed by atoms with Crippen LogP contribution in [0.25, 0.3) is 16.7 Å². The number of hydrogen-bond acceptors (Lipinski definition) is 9. The third-order valence-corrected chi connectivity index (χ3v) is 7.32. The van der Waals surface area contributed by atoms with E-state index in [1.165, 1.54) is 11.5 Å². The molecule has 0 saturated carbocycles. The molecular weight excluding hydrogens is 516 g/mol. The number of carbonyl (C=O) groups excluding carboxylic acids is 1. The van der Waals surface area contributed by atoms with E-state index in [1.807, 2.05) is 36.3 Å². The number of nitrogens with zero attached hydrogens (tertiary/aromatic N) is 7. The molecule has 2 amide bonds. The zero-order valence-electron chi connectivity index (χ0n) is 23.0. The molecule has 5 heterocycles. The number of urea groups is 1. The maximum Gasteiger partial charge on any atom is 0.320 e. The number of amides is 2. The minimum Gasteiger partial charge on any atom is -0.365 e. The Labute approximate surface area is 230 Å². The van der Waals surface area contributed by atoms with E-state index in [0.29, 0.717) is 42.6 Å². The van der Waals surface area contributed by atoms with Crippen molar-refractivity contribution in [2.24, 2.45) is 0 Å². The average Bonchev–Trinajstić information content (AvgIpc) is 3.64. The van der Waals surface area contributed by atoms with Gasteiger partial charge < -0.3 is 15.5 Å². The fourth-order valence-electron chi connectivity index (χ4n) is 4.70. The first-order valence-corrected chi connectivity index (χ1v) is 13.8. The van der Waals surface area contributed by atoms with Gasteiger partial charge in [0.25, 0.3) is 5.56 Å². The largest absolute Gasteiger partial charge is 0.365 e. The van der Waals surface area contributed by atoms with Crippen molar-refractivity contribution < 1.29 is 4.79 Å². The highest BCUT2D eigenvalue weighted by Crippen LogP contribution is 2.27. The van der Waals surface area contributed by atoms with E-state index in [2.05, 4.69) is 51.1 Å². The van der Waals surface area contributed by atoms with Gasteiger partial charge in [-0.25, -0.2) is 14.5 Å². The zero-order chi connectivity index (χ0) is 27.9. The maximum atomic E-state index is 13.5. The summed E-state index contributed by atoms with van der Waals surface area (Å²) in [5.74, 6) is 1.04. The van der Waals surface area contributed by atoms with Crippen LogP contribution in [0.15, 0.2) is 34.7 Å². The van der Waals surface area contributed by atoms with Gasteiger partial charge in [0.15, 0.2) is 0 Å². The van der Waals surface area contributed by atoms with Crippen molar-refractivity contribution in [2.75, 3.05) is 35.7 Å². The third-order valence-electron chi connectivity index (χ3n) is 6.74. The van der Waals surface area contributed by atoms with Crippen molar-refractivity contribution in [1.29, 1.82) is 0 Å². The minimum atomic E-state index is -0.322. The Bertz CT molecular complexity index is 1550. The van der Waals surface area contributed by atoms with Crippen molar-refractivity contribution in [2.45, 2.75) is 58.5 Å². The monoisotopic (exact) mass is 550 g/mol. The molecule has 0 aromatic carbocycles. The molecule has 1 fully saturated rings. The smallest absolute Gasteiger partial charge is 0.320 e. The van der Waals surface area contributed by atoms with Crippen molar-refractivity contribution in [3.8, 4) is 5.69 Å². The molecule has 206 valence electrons. The molecule has 4 aromatic heterocycles. The summed E-state index contributed by atoms with van der Waals surface area (Å²) in [6.07, 6.45) is 4.16. The first kappa shape index (κ1) is 26.6. The summed E-state index contributed by atoms with van der Waals surface area (Å²) in [6, 6.07) is 3.21. The second-order valence-electron chi connectivity index (χ2n) is 11.0. The molecule has 0 spiro atoms. The van der Waals surface area contributed by atoms with Crippen molar-refractivity contribution in [1.82, 2.24) is 34.0 Å². The van der Waals surface area contributed by atoms with Crippen LogP contribution < -0.4 is 26.4 Å². The van der Waals surface area contributed by atoms with Crippen LogP contribution in [0.4, 0.5) is 22.2 Å². The summed E-state index contributed by atoms with van der Waals surface area (Å²) in [5.41, 5.74) is 2.54. The number of pyridine rings is 1. The van der Waals surface area contributed by atoms with Crippen molar-refractivity contribution in [3.05, 3.63) is 46.0 Å². The Morgan fingerprint density at radius 1 is 1.21 bits per heavy atom. The molecule has 1 unspecified atom stereocenters. The molecular formula is C26H34N10O2S. The van der Waals surface area contributed by atoms with Gasteiger partial charge in [0.1, 0.15) is 17.2 Å². The summed E-state index contributed by atoms with van der Waals surface area (Å²) in [4.78, 5) is 37.5. The van der Waals surface area contributed by atoms with Gasteiger partial charge in [-0.2, -0.15) is 14.5 Å². The lowest BCUT2D eigenvalue weighted by Gasteiger charge is -2.22. The summed E-state index contributed by atoms with van der Waals surface area (Å²) in [7, 11) is 1.75. The number of carbonyl (C=O) groups is 1. The van der Waals surface area contributed by atoms with E-state index >= 15 is 0 Å². The Kier molecular flexibility index (Phi) is 7.02. The first-order chi connectivity index (χ1) is 18.5. The number of fused-ring (bicyclic) bond motifs is 1. The van der Waals surface area contributed by atoms with Gasteiger partial charge in [0.2, 0.25) is 5.95 Å². The number of aromatic nitrogens is 6. The predicted molar refractivity (Wildman–Crippen MR) is 154 cm³/mol. The quantitative estimate of drug-likeness (QED) is 0.330. The summed E-state index contributed by atoms with van der Waals surface area (Å²) < 4.78 is 7.58. The number of nitrogens with one attached hydrogen (secondary N) is 3. The highest BCUT2D eigenvalue weighted by molar-refractivity contribution is 7.03. The molecule has 5 rings (SSSR count).